The minimum absolute atomic E-state index is 0. The second-order valence-electron chi connectivity index (χ2n) is 4.71. The molecule has 2 fully saturated rings. The van der Waals surface area contributed by atoms with Gasteiger partial charge in [0.05, 0.1) is 18.1 Å². The highest BCUT2D eigenvalue weighted by molar-refractivity contribution is 5.85. The van der Waals surface area contributed by atoms with Crippen LogP contribution in [0.15, 0.2) is 0 Å². The summed E-state index contributed by atoms with van der Waals surface area (Å²) < 4.78 is 4.86. The van der Waals surface area contributed by atoms with E-state index in [0.29, 0.717) is 12.8 Å². The van der Waals surface area contributed by atoms with E-state index >= 15 is 0 Å². The molecule has 5 heteroatoms. The molecule has 2 aliphatic rings. The third-order valence-corrected chi connectivity index (χ3v) is 4.10. The smallest absolute Gasteiger partial charge is 0.314 e. The lowest BCUT2D eigenvalue weighted by atomic mass is 9.56. The maximum atomic E-state index is 11.8. The van der Waals surface area contributed by atoms with Crippen molar-refractivity contribution in [2.24, 2.45) is 5.41 Å². The molecule has 0 bridgehead atoms. The van der Waals surface area contributed by atoms with Crippen LogP contribution in [-0.2, 0) is 9.53 Å². The molecular weight excluding hydrogens is 230 g/mol. The number of hydrogen-bond donors (Lipinski definition) is 2. The van der Waals surface area contributed by atoms with E-state index in [-0.39, 0.29) is 18.4 Å². The van der Waals surface area contributed by atoms with Crippen molar-refractivity contribution in [3.05, 3.63) is 0 Å². The monoisotopic (exact) mass is 249 g/mol. The largest absolute Gasteiger partial charge is 0.469 e. The fourth-order valence-corrected chi connectivity index (χ4v) is 2.90. The van der Waals surface area contributed by atoms with Gasteiger partial charge in [-0.15, -0.1) is 12.4 Å². The van der Waals surface area contributed by atoms with E-state index in [1.54, 1.807) is 0 Å². The van der Waals surface area contributed by atoms with Crippen LogP contribution in [0, 0.1) is 5.41 Å². The molecule has 0 aromatic carbocycles. The molecule has 4 nitrogen and oxygen atoms in total. The van der Waals surface area contributed by atoms with Crippen molar-refractivity contribution >= 4 is 18.4 Å². The number of carbonyl (C=O) groups is 1. The molecule has 0 aromatic rings. The summed E-state index contributed by atoms with van der Waals surface area (Å²) in [5.41, 5.74) is -1.45. The third-order valence-electron chi connectivity index (χ3n) is 4.10. The highest BCUT2D eigenvalue weighted by Crippen LogP contribution is 2.53. The van der Waals surface area contributed by atoms with E-state index in [1.807, 2.05) is 0 Å². The number of methoxy groups -OCH3 is 1. The Kier molecular flexibility index (Phi) is 4.21. The minimum atomic E-state index is -0.844. The molecule has 0 aromatic heterocycles. The Morgan fingerprint density at radius 2 is 1.81 bits per heavy atom. The summed E-state index contributed by atoms with van der Waals surface area (Å²) in [6, 6.07) is 0. The number of ether oxygens (including phenoxy) is 1. The van der Waals surface area contributed by atoms with Gasteiger partial charge in [0.1, 0.15) is 0 Å². The van der Waals surface area contributed by atoms with Gasteiger partial charge in [-0.1, -0.05) is 6.42 Å². The lowest BCUT2D eigenvalue weighted by Crippen LogP contribution is -2.61. The molecule has 0 amide bonds. The third kappa shape index (κ3) is 1.83. The highest BCUT2D eigenvalue weighted by atomic mass is 35.5. The molecule has 2 rings (SSSR count). The Bertz CT molecular complexity index is 260. The predicted molar refractivity (Wildman–Crippen MR) is 62.6 cm³/mol. The SMILES string of the molecule is COC(=O)C1(C2(O)CCNCC2)CCC1.Cl. The first-order valence-electron chi connectivity index (χ1n) is 5.66. The Balaban J connectivity index is 0.00000128. The molecule has 0 radical (unpaired) electrons. The molecule has 1 saturated carbocycles. The van der Waals surface area contributed by atoms with Crippen molar-refractivity contribution in [1.29, 1.82) is 0 Å². The predicted octanol–water partition coefficient (Wildman–Crippen LogP) is 0.866. The molecule has 0 unspecified atom stereocenters. The maximum Gasteiger partial charge on any atom is 0.314 e. The molecule has 1 aliphatic carbocycles. The summed E-state index contributed by atoms with van der Waals surface area (Å²) in [6.45, 7) is 1.57. The van der Waals surface area contributed by atoms with Crippen LogP contribution in [0.25, 0.3) is 0 Å². The number of piperidine rings is 1. The first-order chi connectivity index (χ1) is 7.15. The fourth-order valence-electron chi connectivity index (χ4n) is 2.90. The molecule has 16 heavy (non-hydrogen) atoms. The van der Waals surface area contributed by atoms with Gasteiger partial charge in [0, 0.05) is 0 Å². The van der Waals surface area contributed by atoms with Crippen molar-refractivity contribution in [2.45, 2.75) is 37.7 Å². The molecule has 0 spiro atoms. The van der Waals surface area contributed by atoms with Crippen LogP contribution in [0.1, 0.15) is 32.1 Å². The zero-order valence-corrected chi connectivity index (χ0v) is 10.4. The summed E-state index contributed by atoms with van der Waals surface area (Å²) in [5.74, 6) is -0.224. The van der Waals surface area contributed by atoms with Crippen molar-refractivity contribution in [2.75, 3.05) is 20.2 Å². The van der Waals surface area contributed by atoms with E-state index in [2.05, 4.69) is 5.32 Å². The van der Waals surface area contributed by atoms with Crippen molar-refractivity contribution < 1.29 is 14.6 Å². The van der Waals surface area contributed by atoms with Gasteiger partial charge in [0.15, 0.2) is 0 Å². The summed E-state index contributed by atoms with van der Waals surface area (Å²) in [5, 5.41) is 13.8. The molecule has 1 saturated heterocycles. The fraction of sp³-hybridized carbons (Fsp3) is 0.909. The standard InChI is InChI=1S/C11H19NO3.ClH/c1-15-9(13)10(3-2-4-10)11(14)5-7-12-8-6-11;/h12,14H,2-8H2,1H3;1H. The van der Waals surface area contributed by atoms with Gasteiger partial charge in [-0.05, 0) is 38.8 Å². The summed E-state index contributed by atoms with van der Waals surface area (Å²) in [4.78, 5) is 11.8. The average molecular weight is 250 g/mol. The normalized spacial score (nSPS) is 26.1. The number of nitrogens with one attached hydrogen (secondary N) is 1. The first-order valence-corrected chi connectivity index (χ1v) is 5.66. The Morgan fingerprint density at radius 1 is 1.25 bits per heavy atom. The molecular formula is C11H20ClNO3. The summed E-state index contributed by atoms with van der Waals surface area (Å²) >= 11 is 0. The van der Waals surface area contributed by atoms with E-state index in [4.69, 9.17) is 4.74 Å². The van der Waals surface area contributed by atoms with Crippen LogP contribution in [0.4, 0.5) is 0 Å². The highest BCUT2D eigenvalue weighted by Gasteiger charge is 2.59. The molecule has 94 valence electrons. The van der Waals surface area contributed by atoms with E-state index in [1.165, 1.54) is 7.11 Å². The second-order valence-corrected chi connectivity index (χ2v) is 4.71. The number of hydrogen-bond acceptors (Lipinski definition) is 4. The Morgan fingerprint density at radius 3 is 2.19 bits per heavy atom. The quantitative estimate of drug-likeness (QED) is 0.713. The van der Waals surface area contributed by atoms with Crippen LogP contribution >= 0.6 is 12.4 Å². The second kappa shape index (κ2) is 4.90. The van der Waals surface area contributed by atoms with Gasteiger partial charge in [0.2, 0.25) is 0 Å². The minimum Gasteiger partial charge on any atom is -0.469 e. The number of rotatable bonds is 2. The zero-order valence-electron chi connectivity index (χ0n) is 9.62. The van der Waals surface area contributed by atoms with Crippen molar-refractivity contribution in [3.8, 4) is 0 Å². The van der Waals surface area contributed by atoms with E-state index in [0.717, 1.165) is 32.4 Å². The van der Waals surface area contributed by atoms with Crippen LogP contribution in [0.2, 0.25) is 0 Å². The zero-order chi connectivity index (χ0) is 10.9. The molecule has 1 heterocycles. The van der Waals surface area contributed by atoms with E-state index in [9.17, 15) is 9.90 Å². The van der Waals surface area contributed by atoms with E-state index < -0.39 is 11.0 Å². The maximum absolute atomic E-state index is 11.8. The van der Waals surface area contributed by atoms with Crippen LogP contribution in [0.5, 0.6) is 0 Å². The van der Waals surface area contributed by atoms with Gasteiger partial charge in [-0.3, -0.25) is 4.79 Å². The number of aliphatic hydroxyl groups is 1. The summed E-state index contributed by atoms with van der Waals surface area (Å²) in [7, 11) is 1.41. The van der Waals surface area contributed by atoms with Gasteiger partial charge >= 0.3 is 5.97 Å². The van der Waals surface area contributed by atoms with Gasteiger partial charge in [0.25, 0.3) is 0 Å². The molecule has 0 atom stereocenters. The number of carbonyl (C=O) groups excluding carboxylic acids is 1. The van der Waals surface area contributed by atoms with Crippen LogP contribution in [0.3, 0.4) is 0 Å². The molecule has 2 N–H and O–H groups in total. The Labute approximate surface area is 102 Å². The topological polar surface area (TPSA) is 58.6 Å². The van der Waals surface area contributed by atoms with Gasteiger partial charge in [-0.2, -0.15) is 0 Å². The average Bonchev–Trinajstić information content (AvgIpc) is 2.16. The van der Waals surface area contributed by atoms with Gasteiger partial charge < -0.3 is 15.2 Å². The Hall–Kier alpha value is -0.320. The number of esters is 1. The lowest BCUT2D eigenvalue weighted by molar-refractivity contribution is -0.192. The lowest BCUT2D eigenvalue weighted by Gasteiger charge is -2.52. The first kappa shape index (κ1) is 13.7. The van der Waals surface area contributed by atoms with Gasteiger partial charge in [-0.25, -0.2) is 0 Å². The van der Waals surface area contributed by atoms with Crippen molar-refractivity contribution in [3.63, 3.8) is 0 Å². The molecule has 1 aliphatic heterocycles. The summed E-state index contributed by atoms with van der Waals surface area (Å²) in [6.07, 6.45) is 3.88. The van der Waals surface area contributed by atoms with Crippen LogP contribution in [-0.4, -0.2) is 36.9 Å². The van der Waals surface area contributed by atoms with Crippen LogP contribution < -0.4 is 5.32 Å². The van der Waals surface area contributed by atoms with Crippen molar-refractivity contribution in [1.82, 2.24) is 5.32 Å². The number of halogens is 1.